The predicted molar refractivity (Wildman–Crippen MR) is 62.1 cm³/mol. The summed E-state index contributed by atoms with van der Waals surface area (Å²) in [5, 5.41) is 5.10. The molecule has 0 bridgehead atoms. The standard InChI is InChI=1S/C11H17NOS/c1-9(2)7-12-5-3-11(13)10-4-6-14-8-10/h3-6,9-10,12H,7-8H2,1-2H3/b5-3-. The van der Waals surface area contributed by atoms with E-state index >= 15 is 0 Å². The van der Waals surface area contributed by atoms with E-state index in [-0.39, 0.29) is 11.7 Å². The van der Waals surface area contributed by atoms with Crippen molar-refractivity contribution in [2.75, 3.05) is 12.3 Å². The van der Waals surface area contributed by atoms with E-state index in [0.29, 0.717) is 5.92 Å². The Balaban J connectivity index is 2.22. The fourth-order valence-corrected chi connectivity index (χ4v) is 2.01. The number of nitrogens with one attached hydrogen (secondary N) is 1. The first-order chi connectivity index (χ1) is 6.70. The number of allylic oxidation sites excluding steroid dienone is 2. The van der Waals surface area contributed by atoms with Crippen molar-refractivity contribution in [3.8, 4) is 0 Å². The van der Waals surface area contributed by atoms with Crippen molar-refractivity contribution in [2.45, 2.75) is 13.8 Å². The average molecular weight is 211 g/mol. The van der Waals surface area contributed by atoms with Crippen molar-refractivity contribution in [1.29, 1.82) is 0 Å². The van der Waals surface area contributed by atoms with Gasteiger partial charge in [-0.1, -0.05) is 19.9 Å². The highest BCUT2D eigenvalue weighted by Crippen LogP contribution is 2.20. The van der Waals surface area contributed by atoms with Gasteiger partial charge < -0.3 is 5.32 Å². The van der Waals surface area contributed by atoms with Crippen LogP contribution in [0, 0.1) is 11.8 Å². The summed E-state index contributed by atoms with van der Waals surface area (Å²) in [7, 11) is 0. The van der Waals surface area contributed by atoms with Gasteiger partial charge in [-0.3, -0.25) is 4.79 Å². The van der Waals surface area contributed by atoms with Crippen LogP contribution in [0.4, 0.5) is 0 Å². The minimum absolute atomic E-state index is 0.0945. The maximum Gasteiger partial charge on any atom is 0.164 e. The lowest BCUT2D eigenvalue weighted by Gasteiger charge is -2.04. The SMILES string of the molecule is CC(C)CN/C=C\C(=O)C1C=CSC1. The smallest absolute Gasteiger partial charge is 0.164 e. The first kappa shape index (κ1) is 11.4. The second-order valence-electron chi connectivity index (χ2n) is 3.81. The molecule has 0 fully saturated rings. The van der Waals surface area contributed by atoms with E-state index in [0.717, 1.165) is 12.3 Å². The van der Waals surface area contributed by atoms with Crippen LogP contribution in [-0.4, -0.2) is 18.1 Å². The summed E-state index contributed by atoms with van der Waals surface area (Å²) in [5.74, 6) is 1.80. The Morgan fingerprint density at radius 3 is 3.07 bits per heavy atom. The molecule has 0 radical (unpaired) electrons. The molecule has 0 spiro atoms. The van der Waals surface area contributed by atoms with Crippen LogP contribution in [-0.2, 0) is 4.79 Å². The molecule has 3 heteroatoms. The molecule has 0 saturated carbocycles. The van der Waals surface area contributed by atoms with Crippen LogP contribution in [0.15, 0.2) is 23.8 Å². The van der Waals surface area contributed by atoms with E-state index in [1.807, 2.05) is 11.5 Å². The largest absolute Gasteiger partial charge is 0.391 e. The van der Waals surface area contributed by atoms with Gasteiger partial charge in [0.05, 0.1) is 0 Å². The summed E-state index contributed by atoms with van der Waals surface area (Å²) < 4.78 is 0. The molecule has 1 unspecified atom stereocenters. The highest BCUT2D eigenvalue weighted by Gasteiger charge is 2.15. The molecule has 0 saturated heterocycles. The molecule has 1 rings (SSSR count). The zero-order valence-corrected chi connectivity index (χ0v) is 9.51. The summed E-state index contributed by atoms with van der Waals surface area (Å²) in [6, 6.07) is 0. The summed E-state index contributed by atoms with van der Waals surface area (Å²) in [5.41, 5.74) is 0. The molecule has 0 amide bonds. The van der Waals surface area contributed by atoms with Crippen LogP contribution in [0.2, 0.25) is 0 Å². The van der Waals surface area contributed by atoms with Gasteiger partial charge in [0.15, 0.2) is 5.78 Å². The molecule has 0 aromatic heterocycles. The van der Waals surface area contributed by atoms with Crippen molar-refractivity contribution in [1.82, 2.24) is 5.32 Å². The van der Waals surface area contributed by atoms with Crippen LogP contribution < -0.4 is 5.32 Å². The molecule has 0 aliphatic carbocycles. The second kappa shape index (κ2) is 5.91. The Kier molecular flexibility index (Phi) is 4.80. The Bertz CT molecular complexity index is 246. The van der Waals surface area contributed by atoms with Crippen LogP contribution in [0.25, 0.3) is 0 Å². The van der Waals surface area contributed by atoms with Gasteiger partial charge in [0, 0.05) is 18.2 Å². The molecule has 1 atom stereocenters. The van der Waals surface area contributed by atoms with E-state index in [4.69, 9.17) is 0 Å². The summed E-state index contributed by atoms with van der Waals surface area (Å²) >= 11 is 1.70. The number of hydrogen-bond acceptors (Lipinski definition) is 3. The van der Waals surface area contributed by atoms with Gasteiger partial charge in [-0.2, -0.15) is 0 Å². The van der Waals surface area contributed by atoms with Gasteiger partial charge in [-0.25, -0.2) is 0 Å². The van der Waals surface area contributed by atoms with Gasteiger partial charge >= 0.3 is 0 Å². The summed E-state index contributed by atoms with van der Waals surface area (Å²) in [4.78, 5) is 11.5. The highest BCUT2D eigenvalue weighted by atomic mass is 32.2. The maximum atomic E-state index is 11.5. The lowest BCUT2D eigenvalue weighted by atomic mass is 10.1. The maximum absolute atomic E-state index is 11.5. The van der Waals surface area contributed by atoms with Crippen LogP contribution in [0.1, 0.15) is 13.8 Å². The minimum Gasteiger partial charge on any atom is -0.391 e. The second-order valence-corrected chi connectivity index (χ2v) is 4.74. The normalized spacial score (nSPS) is 20.9. The van der Waals surface area contributed by atoms with Gasteiger partial charge in [0.1, 0.15) is 0 Å². The molecule has 1 N–H and O–H groups in total. The molecule has 0 aromatic carbocycles. The van der Waals surface area contributed by atoms with Crippen molar-refractivity contribution >= 4 is 17.5 Å². The van der Waals surface area contributed by atoms with Gasteiger partial charge in [-0.05, 0) is 23.6 Å². The molecular formula is C11H17NOS. The predicted octanol–water partition coefficient (Wildman–Crippen LogP) is 2.19. The molecule has 2 nitrogen and oxygen atoms in total. The third-order valence-corrected chi connectivity index (χ3v) is 2.84. The third-order valence-electron chi connectivity index (χ3n) is 1.94. The van der Waals surface area contributed by atoms with Crippen LogP contribution in [0.3, 0.4) is 0 Å². The molecule has 78 valence electrons. The average Bonchev–Trinajstić information content (AvgIpc) is 2.64. The zero-order chi connectivity index (χ0) is 10.4. The van der Waals surface area contributed by atoms with E-state index in [1.165, 1.54) is 0 Å². The topological polar surface area (TPSA) is 29.1 Å². The van der Waals surface area contributed by atoms with E-state index in [9.17, 15) is 4.79 Å². The fourth-order valence-electron chi connectivity index (χ4n) is 1.11. The number of thioether (sulfide) groups is 1. The zero-order valence-electron chi connectivity index (χ0n) is 8.69. The lowest BCUT2D eigenvalue weighted by molar-refractivity contribution is -0.116. The summed E-state index contributed by atoms with van der Waals surface area (Å²) in [6.07, 6.45) is 5.38. The first-order valence-electron chi connectivity index (χ1n) is 4.92. The Morgan fingerprint density at radius 2 is 2.50 bits per heavy atom. The number of carbonyl (C=O) groups excluding carboxylic acids is 1. The van der Waals surface area contributed by atoms with E-state index < -0.39 is 0 Å². The van der Waals surface area contributed by atoms with Gasteiger partial charge in [0.2, 0.25) is 0 Å². The highest BCUT2D eigenvalue weighted by molar-refractivity contribution is 8.02. The molecular weight excluding hydrogens is 194 g/mol. The minimum atomic E-state index is 0.0945. The molecule has 1 aliphatic rings. The number of ketones is 1. The lowest BCUT2D eigenvalue weighted by Crippen LogP contribution is -2.15. The summed E-state index contributed by atoms with van der Waals surface area (Å²) in [6.45, 7) is 5.19. The van der Waals surface area contributed by atoms with Crippen molar-refractivity contribution in [2.24, 2.45) is 11.8 Å². The molecule has 1 aliphatic heterocycles. The Morgan fingerprint density at radius 1 is 1.71 bits per heavy atom. The monoisotopic (exact) mass is 211 g/mol. The van der Waals surface area contributed by atoms with Crippen molar-refractivity contribution in [3.05, 3.63) is 23.8 Å². The van der Waals surface area contributed by atoms with Crippen molar-refractivity contribution < 1.29 is 4.79 Å². The third kappa shape index (κ3) is 4.01. The van der Waals surface area contributed by atoms with E-state index in [2.05, 4.69) is 19.2 Å². The van der Waals surface area contributed by atoms with Crippen LogP contribution in [0.5, 0.6) is 0 Å². The molecule has 1 heterocycles. The number of rotatable bonds is 5. The van der Waals surface area contributed by atoms with Crippen LogP contribution >= 0.6 is 11.8 Å². The number of hydrogen-bond donors (Lipinski definition) is 1. The number of carbonyl (C=O) groups is 1. The Hall–Kier alpha value is -0.700. The Labute approximate surface area is 89.8 Å². The van der Waals surface area contributed by atoms with Gasteiger partial charge in [0.25, 0.3) is 0 Å². The fraction of sp³-hybridized carbons (Fsp3) is 0.545. The van der Waals surface area contributed by atoms with Gasteiger partial charge in [-0.15, -0.1) is 11.8 Å². The van der Waals surface area contributed by atoms with E-state index in [1.54, 1.807) is 24.0 Å². The molecule has 0 aromatic rings. The quantitative estimate of drug-likeness (QED) is 0.707. The first-order valence-corrected chi connectivity index (χ1v) is 5.97. The molecule has 14 heavy (non-hydrogen) atoms. The van der Waals surface area contributed by atoms with Crippen molar-refractivity contribution in [3.63, 3.8) is 0 Å².